The molecule has 0 bridgehead atoms. The molecule has 0 fully saturated rings. The Morgan fingerprint density at radius 1 is 0.632 bits per heavy atom. The lowest BCUT2D eigenvalue weighted by Crippen LogP contribution is -1.93. The summed E-state index contributed by atoms with van der Waals surface area (Å²) >= 11 is 0. The van der Waals surface area contributed by atoms with Gasteiger partial charge in [-0.2, -0.15) is 0 Å². The van der Waals surface area contributed by atoms with Crippen molar-refractivity contribution in [3.05, 3.63) is 102 Å². The largest absolute Gasteiger partial charge is 0.473 e. The molecule has 0 saturated heterocycles. The minimum absolute atomic E-state index is 1.16. The molecule has 3 rings (SSSR count). The van der Waals surface area contributed by atoms with Gasteiger partial charge < -0.3 is 4.74 Å². The number of ether oxygens (including phenoxy) is 1. The molecule has 0 saturated carbocycles. The van der Waals surface area contributed by atoms with Crippen molar-refractivity contribution < 1.29 is 4.74 Å². The van der Waals surface area contributed by atoms with Gasteiger partial charge in [0.15, 0.2) is 0 Å². The Balaban J connectivity index is 2.20. The average Bonchev–Trinajstić information content (AvgIpc) is 2.51. The lowest BCUT2D eigenvalue weighted by Gasteiger charge is -2.13. The third-order valence-corrected chi connectivity index (χ3v) is 3.07. The molecule has 2 aromatic carbocycles. The molecule has 92 valence electrons. The van der Waals surface area contributed by atoms with Crippen LogP contribution in [-0.2, 0) is 4.74 Å². The molecule has 1 nitrogen and oxygen atoms in total. The fourth-order valence-electron chi connectivity index (χ4n) is 2.20. The topological polar surface area (TPSA) is 9.23 Å². The molecular weight excluding hydrogens is 232 g/mol. The van der Waals surface area contributed by atoms with Gasteiger partial charge in [-0.1, -0.05) is 60.7 Å². The van der Waals surface area contributed by atoms with Gasteiger partial charge in [0.25, 0.3) is 0 Å². The van der Waals surface area contributed by atoms with E-state index in [1.165, 1.54) is 16.7 Å². The van der Waals surface area contributed by atoms with Crippen LogP contribution in [0.25, 0.3) is 5.57 Å². The van der Waals surface area contributed by atoms with Crippen LogP contribution < -0.4 is 0 Å². The van der Waals surface area contributed by atoms with E-state index in [1.807, 2.05) is 24.3 Å². The maximum absolute atomic E-state index is 5.13. The molecule has 0 atom stereocenters. The van der Waals surface area contributed by atoms with E-state index in [-0.39, 0.29) is 0 Å². The van der Waals surface area contributed by atoms with Gasteiger partial charge in [0.05, 0.1) is 12.5 Å². The standard InChI is InChI=1S/C18H14O/c1-3-7-15(8-4-1)18(16-9-5-2-6-10-16)17-11-13-19-14-12-17/h1-14H. The molecule has 0 unspecified atom stereocenters. The minimum Gasteiger partial charge on any atom is -0.473 e. The predicted octanol–water partition coefficient (Wildman–Crippen LogP) is 4.55. The predicted molar refractivity (Wildman–Crippen MR) is 78.3 cm³/mol. The van der Waals surface area contributed by atoms with Gasteiger partial charge in [-0.15, -0.1) is 0 Å². The summed E-state index contributed by atoms with van der Waals surface area (Å²) in [5.41, 5.74) is 4.79. The van der Waals surface area contributed by atoms with E-state index in [4.69, 9.17) is 4.74 Å². The van der Waals surface area contributed by atoms with Crippen LogP contribution in [0.1, 0.15) is 11.1 Å². The highest BCUT2D eigenvalue weighted by atomic mass is 16.5. The molecule has 1 heteroatoms. The van der Waals surface area contributed by atoms with E-state index in [9.17, 15) is 0 Å². The van der Waals surface area contributed by atoms with E-state index in [2.05, 4.69) is 48.5 Å². The quantitative estimate of drug-likeness (QED) is 0.755. The van der Waals surface area contributed by atoms with Crippen molar-refractivity contribution in [1.29, 1.82) is 0 Å². The van der Waals surface area contributed by atoms with Crippen molar-refractivity contribution >= 4 is 5.57 Å². The zero-order valence-electron chi connectivity index (χ0n) is 10.5. The molecule has 0 radical (unpaired) electrons. The Morgan fingerprint density at radius 3 is 1.58 bits per heavy atom. The van der Waals surface area contributed by atoms with Crippen molar-refractivity contribution in [2.45, 2.75) is 0 Å². The van der Waals surface area contributed by atoms with Gasteiger partial charge in [-0.3, -0.25) is 0 Å². The van der Waals surface area contributed by atoms with Crippen LogP contribution in [0, 0.1) is 0 Å². The average molecular weight is 246 g/mol. The normalized spacial score (nSPS) is 13.2. The summed E-state index contributed by atoms with van der Waals surface area (Å²) in [7, 11) is 0. The highest BCUT2D eigenvalue weighted by molar-refractivity contribution is 5.85. The third-order valence-electron chi connectivity index (χ3n) is 3.07. The van der Waals surface area contributed by atoms with Crippen LogP contribution in [-0.4, -0.2) is 0 Å². The molecule has 1 aliphatic rings. The van der Waals surface area contributed by atoms with Crippen molar-refractivity contribution in [2.24, 2.45) is 0 Å². The van der Waals surface area contributed by atoms with Crippen LogP contribution in [0.15, 0.2) is 90.9 Å². The molecule has 1 aliphatic heterocycles. The van der Waals surface area contributed by atoms with Gasteiger partial charge >= 0.3 is 0 Å². The maximum Gasteiger partial charge on any atom is 0.0907 e. The van der Waals surface area contributed by atoms with E-state index in [0.29, 0.717) is 0 Å². The van der Waals surface area contributed by atoms with Gasteiger partial charge in [0, 0.05) is 0 Å². The van der Waals surface area contributed by atoms with E-state index >= 15 is 0 Å². The molecular formula is C18H14O. The number of hydrogen-bond acceptors (Lipinski definition) is 1. The second-order valence-electron chi connectivity index (χ2n) is 4.30. The number of benzene rings is 2. The SMILES string of the molecule is C1=CC(=C(c2ccccc2)c2ccccc2)C=CO1. The first-order valence-electron chi connectivity index (χ1n) is 6.29. The summed E-state index contributed by atoms with van der Waals surface area (Å²) in [5, 5.41) is 0. The van der Waals surface area contributed by atoms with Gasteiger partial charge in [-0.05, 0) is 34.4 Å². The zero-order chi connectivity index (χ0) is 12.9. The Hall–Kier alpha value is -2.54. The third kappa shape index (κ3) is 2.50. The minimum atomic E-state index is 1.16. The lowest BCUT2D eigenvalue weighted by molar-refractivity contribution is 0.398. The molecule has 1 heterocycles. The summed E-state index contributed by atoms with van der Waals surface area (Å²) in [6.07, 6.45) is 7.41. The van der Waals surface area contributed by atoms with Crippen LogP contribution in [0.4, 0.5) is 0 Å². The number of rotatable bonds is 2. The Labute approximate surface area is 113 Å². The summed E-state index contributed by atoms with van der Waals surface area (Å²) in [6, 6.07) is 20.8. The highest BCUT2D eigenvalue weighted by Gasteiger charge is 2.09. The Kier molecular flexibility index (Phi) is 3.28. The van der Waals surface area contributed by atoms with Crippen molar-refractivity contribution in [3.8, 4) is 0 Å². The summed E-state index contributed by atoms with van der Waals surface area (Å²) in [4.78, 5) is 0. The Morgan fingerprint density at radius 2 is 1.11 bits per heavy atom. The molecule has 0 N–H and O–H groups in total. The zero-order valence-corrected chi connectivity index (χ0v) is 10.5. The number of hydrogen-bond donors (Lipinski definition) is 0. The second-order valence-corrected chi connectivity index (χ2v) is 4.30. The molecule has 0 spiro atoms. The molecule has 0 aliphatic carbocycles. The molecule has 19 heavy (non-hydrogen) atoms. The van der Waals surface area contributed by atoms with Crippen LogP contribution in [0.5, 0.6) is 0 Å². The lowest BCUT2D eigenvalue weighted by atomic mass is 9.92. The van der Waals surface area contributed by atoms with Crippen LogP contribution in [0.3, 0.4) is 0 Å². The highest BCUT2D eigenvalue weighted by Crippen LogP contribution is 2.29. The Bertz CT molecular complexity index is 578. The molecule has 0 aromatic heterocycles. The van der Waals surface area contributed by atoms with E-state index in [0.717, 1.165) is 5.57 Å². The fraction of sp³-hybridized carbons (Fsp3) is 0. The molecule has 0 amide bonds. The summed E-state index contributed by atoms with van der Waals surface area (Å²) < 4.78 is 5.13. The van der Waals surface area contributed by atoms with E-state index < -0.39 is 0 Å². The first kappa shape index (κ1) is 11.5. The monoisotopic (exact) mass is 246 g/mol. The van der Waals surface area contributed by atoms with Crippen LogP contribution in [0.2, 0.25) is 0 Å². The second kappa shape index (κ2) is 5.40. The van der Waals surface area contributed by atoms with E-state index in [1.54, 1.807) is 12.5 Å². The van der Waals surface area contributed by atoms with Gasteiger partial charge in [0.2, 0.25) is 0 Å². The molecule has 2 aromatic rings. The number of allylic oxidation sites excluding steroid dienone is 3. The van der Waals surface area contributed by atoms with Crippen LogP contribution >= 0.6 is 0 Å². The van der Waals surface area contributed by atoms with Gasteiger partial charge in [-0.25, -0.2) is 0 Å². The first-order valence-corrected chi connectivity index (χ1v) is 6.29. The van der Waals surface area contributed by atoms with Crippen molar-refractivity contribution in [1.82, 2.24) is 0 Å². The fourth-order valence-corrected chi connectivity index (χ4v) is 2.20. The first-order chi connectivity index (χ1) is 9.45. The smallest absolute Gasteiger partial charge is 0.0907 e. The summed E-state index contributed by atoms with van der Waals surface area (Å²) in [6.45, 7) is 0. The maximum atomic E-state index is 5.13. The van der Waals surface area contributed by atoms with Crippen molar-refractivity contribution in [3.63, 3.8) is 0 Å². The van der Waals surface area contributed by atoms with Gasteiger partial charge in [0.1, 0.15) is 0 Å². The summed E-state index contributed by atoms with van der Waals surface area (Å²) in [5.74, 6) is 0. The van der Waals surface area contributed by atoms with Crippen molar-refractivity contribution in [2.75, 3.05) is 0 Å².